The van der Waals surface area contributed by atoms with Gasteiger partial charge in [-0.25, -0.2) is 4.99 Å². The topological polar surface area (TPSA) is 76.0 Å². The van der Waals surface area contributed by atoms with Crippen LogP contribution >= 0.6 is 11.8 Å². The summed E-state index contributed by atoms with van der Waals surface area (Å²) in [7, 11) is -4.11. The third kappa shape index (κ3) is 5.14. The average Bonchev–Trinajstić information content (AvgIpc) is 3.29. The normalized spacial score (nSPS) is 15.7. The van der Waals surface area contributed by atoms with Gasteiger partial charge in [0.2, 0.25) is 0 Å². The van der Waals surface area contributed by atoms with Gasteiger partial charge in [-0.3, -0.25) is 9.69 Å². The lowest BCUT2D eigenvalue weighted by molar-refractivity contribution is -0.113. The van der Waals surface area contributed by atoms with E-state index < -0.39 is 10.1 Å². The highest BCUT2D eigenvalue weighted by Gasteiger charge is 2.35. The molecule has 1 aliphatic heterocycles. The molecule has 196 valence electrons. The predicted octanol–water partition coefficient (Wildman–Crippen LogP) is 7.42. The number of rotatable bonds is 6. The van der Waals surface area contributed by atoms with Crippen molar-refractivity contribution in [3.63, 3.8) is 0 Å². The zero-order valence-electron chi connectivity index (χ0n) is 21.0. The van der Waals surface area contributed by atoms with E-state index in [9.17, 15) is 13.2 Å². The second kappa shape index (κ2) is 10.8. The zero-order chi connectivity index (χ0) is 27.5. The van der Waals surface area contributed by atoms with Crippen LogP contribution in [0.15, 0.2) is 142 Å². The third-order valence-corrected chi connectivity index (χ3v) is 8.46. The highest BCUT2D eigenvalue weighted by Crippen LogP contribution is 2.40. The van der Waals surface area contributed by atoms with Crippen molar-refractivity contribution in [3.8, 4) is 5.75 Å². The van der Waals surface area contributed by atoms with Gasteiger partial charge in [0.15, 0.2) is 10.9 Å². The first-order valence-corrected chi connectivity index (χ1v) is 14.7. The number of hydrogen-bond donors (Lipinski definition) is 0. The average molecular weight is 563 g/mol. The molecule has 1 saturated heterocycles. The van der Waals surface area contributed by atoms with Crippen molar-refractivity contribution >= 4 is 61.2 Å². The first kappa shape index (κ1) is 25.6. The van der Waals surface area contributed by atoms with Crippen LogP contribution in [0.4, 0.5) is 11.4 Å². The molecule has 0 aliphatic carbocycles. The van der Waals surface area contributed by atoms with E-state index in [0.717, 1.165) is 10.8 Å². The number of anilines is 1. The Morgan fingerprint density at radius 3 is 2.08 bits per heavy atom. The number of carbonyl (C=O) groups excluding carboxylic acids is 1. The van der Waals surface area contributed by atoms with Crippen LogP contribution in [0.2, 0.25) is 0 Å². The Labute approximate surface area is 236 Å². The second-order valence-electron chi connectivity index (χ2n) is 8.87. The number of amides is 1. The fourth-order valence-corrected chi connectivity index (χ4v) is 6.30. The minimum absolute atomic E-state index is 0.0422. The molecule has 6 nitrogen and oxygen atoms in total. The summed E-state index contributed by atoms with van der Waals surface area (Å²) in [6.07, 6.45) is 1.69. The van der Waals surface area contributed by atoms with Crippen LogP contribution in [0.5, 0.6) is 5.75 Å². The number of nitrogens with zero attached hydrogens (tertiary/aromatic N) is 2. The summed E-state index contributed by atoms with van der Waals surface area (Å²) >= 11 is 1.23. The fraction of sp³-hybridized carbons (Fsp3) is 0. The Hall–Kier alpha value is -4.66. The van der Waals surface area contributed by atoms with Gasteiger partial charge in [-0.05, 0) is 71.1 Å². The largest absolute Gasteiger partial charge is 0.378 e. The SMILES string of the molecule is O=C1/C(=C/c2c(OS(=O)(=O)c3ccccc3)ccc3ccccc23)SC(=Nc2ccccc2)N1c1ccccc1. The molecule has 0 radical (unpaired) electrons. The molecule has 0 spiro atoms. The molecule has 5 aromatic carbocycles. The maximum atomic E-state index is 13.9. The van der Waals surface area contributed by atoms with Crippen LogP contribution in [0, 0.1) is 0 Å². The number of thioether (sulfide) groups is 1. The number of hydrogen-bond acceptors (Lipinski definition) is 6. The van der Waals surface area contributed by atoms with E-state index in [1.54, 1.807) is 41.3 Å². The lowest BCUT2D eigenvalue weighted by Crippen LogP contribution is -2.28. The molecule has 6 rings (SSSR count). The van der Waals surface area contributed by atoms with Crippen molar-refractivity contribution in [3.05, 3.63) is 138 Å². The van der Waals surface area contributed by atoms with Gasteiger partial charge in [0.1, 0.15) is 4.90 Å². The van der Waals surface area contributed by atoms with Gasteiger partial charge in [0, 0.05) is 5.56 Å². The van der Waals surface area contributed by atoms with Crippen LogP contribution in [-0.4, -0.2) is 19.5 Å². The Morgan fingerprint density at radius 1 is 0.725 bits per heavy atom. The summed E-state index contributed by atoms with van der Waals surface area (Å²) in [6.45, 7) is 0. The molecule has 1 amide bonds. The summed E-state index contributed by atoms with van der Waals surface area (Å²) in [5.74, 6) is -0.140. The molecule has 8 heteroatoms. The third-order valence-electron chi connectivity index (χ3n) is 6.24. The number of fused-ring (bicyclic) bond motifs is 1. The van der Waals surface area contributed by atoms with Crippen LogP contribution in [0.25, 0.3) is 16.8 Å². The lowest BCUT2D eigenvalue weighted by Gasteiger charge is -2.15. The maximum Gasteiger partial charge on any atom is 0.339 e. The van der Waals surface area contributed by atoms with Gasteiger partial charge >= 0.3 is 10.1 Å². The Bertz CT molecular complexity index is 1870. The van der Waals surface area contributed by atoms with Crippen LogP contribution < -0.4 is 9.08 Å². The van der Waals surface area contributed by atoms with Crippen molar-refractivity contribution in [2.45, 2.75) is 4.90 Å². The molecular weight excluding hydrogens is 540 g/mol. The van der Waals surface area contributed by atoms with Crippen LogP contribution in [-0.2, 0) is 14.9 Å². The summed E-state index contributed by atoms with van der Waals surface area (Å²) in [5, 5.41) is 2.13. The molecule has 1 heterocycles. The monoisotopic (exact) mass is 562 g/mol. The molecule has 0 bridgehead atoms. The number of amidine groups is 1. The number of aliphatic imine (C=N–C) groups is 1. The van der Waals surface area contributed by atoms with Crippen molar-refractivity contribution in [1.82, 2.24) is 0 Å². The van der Waals surface area contributed by atoms with Gasteiger partial charge in [-0.1, -0.05) is 84.9 Å². The van der Waals surface area contributed by atoms with Crippen LogP contribution in [0.3, 0.4) is 0 Å². The highest BCUT2D eigenvalue weighted by atomic mass is 32.2. The van der Waals surface area contributed by atoms with E-state index in [1.807, 2.05) is 84.9 Å². The highest BCUT2D eigenvalue weighted by molar-refractivity contribution is 8.19. The zero-order valence-corrected chi connectivity index (χ0v) is 22.7. The summed E-state index contributed by atoms with van der Waals surface area (Å²) in [6, 6.07) is 37.7. The van der Waals surface area contributed by atoms with Gasteiger partial charge in [-0.2, -0.15) is 8.42 Å². The van der Waals surface area contributed by atoms with Crippen molar-refractivity contribution in [2.75, 3.05) is 4.90 Å². The fourth-order valence-electron chi connectivity index (χ4n) is 4.35. The first-order chi connectivity index (χ1) is 19.5. The molecule has 0 N–H and O–H groups in total. The summed E-state index contributed by atoms with van der Waals surface area (Å²) in [5.41, 5.74) is 1.88. The molecule has 5 aromatic rings. The van der Waals surface area contributed by atoms with E-state index in [0.29, 0.717) is 27.0 Å². The summed E-state index contributed by atoms with van der Waals surface area (Å²) < 4.78 is 32.0. The van der Waals surface area contributed by atoms with Crippen molar-refractivity contribution in [2.24, 2.45) is 4.99 Å². The summed E-state index contributed by atoms with van der Waals surface area (Å²) in [4.78, 5) is 20.6. The number of benzene rings is 5. The molecule has 40 heavy (non-hydrogen) atoms. The molecule has 0 atom stereocenters. The second-order valence-corrected chi connectivity index (χ2v) is 11.4. The van der Waals surface area contributed by atoms with Crippen molar-refractivity contribution < 1.29 is 17.4 Å². The first-order valence-electron chi connectivity index (χ1n) is 12.4. The van der Waals surface area contributed by atoms with Crippen molar-refractivity contribution in [1.29, 1.82) is 0 Å². The molecule has 0 unspecified atom stereocenters. The molecule has 0 aromatic heterocycles. The Kier molecular flexibility index (Phi) is 6.94. The van der Waals surface area contributed by atoms with Gasteiger partial charge in [0.25, 0.3) is 5.91 Å². The minimum Gasteiger partial charge on any atom is -0.378 e. The van der Waals surface area contributed by atoms with E-state index in [1.165, 1.54) is 23.9 Å². The molecule has 1 fully saturated rings. The van der Waals surface area contributed by atoms with E-state index in [4.69, 9.17) is 9.18 Å². The maximum absolute atomic E-state index is 13.9. The van der Waals surface area contributed by atoms with Gasteiger partial charge in [-0.15, -0.1) is 0 Å². The smallest absolute Gasteiger partial charge is 0.339 e. The van der Waals surface area contributed by atoms with E-state index >= 15 is 0 Å². The van der Waals surface area contributed by atoms with E-state index in [-0.39, 0.29) is 16.6 Å². The molecule has 0 saturated carbocycles. The quantitative estimate of drug-likeness (QED) is 0.159. The van der Waals surface area contributed by atoms with Crippen LogP contribution in [0.1, 0.15) is 5.56 Å². The number of carbonyl (C=O) groups is 1. The standard InChI is InChI=1S/C32H22N2O4S2/c35-31-30(39-32(33-24-13-4-1-5-14-24)34(31)25-15-6-2-7-16-25)22-28-27-19-11-10-12-23(27)20-21-29(28)38-40(36,37)26-17-8-3-9-18-26/h1-22H/b30-22-,33-32?. The van der Waals surface area contributed by atoms with E-state index in [2.05, 4.69) is 0 Å². The lowest BCUT2D eigenvalue weighted by atomic mass is 10.0. The molecule has 1 aliphatic rings. The van der Waals surface area contributed by atoms with Gasteiger partial charge < -0.3 is 4.18 Å². The minimum atomic E-state index is -4.11. The Morgan fingerprint density at radius 2 is 1.35 bits per heavy atom. The van der Waals surface area contributed by atoms with Gasteiger partial charge in [0.05, 0.1) is 16.3 Å². The molecular formula is C32H22N2O4S2. The number of para-hydroxylation sites is 2. The Balaban J connectivity index is 1.48. The predicted molar refractivity (Wildman–Crippen MR) is 161 cm³/mol.